The first-order valence-electron chi connectivity index (χ1n) is 11.1. The number of aromatic nitrogens is 1. The van der Waals surface area contributed by atoms with Gasteiger partial charge in [-0.3, -0.25) is 4.98 Å². The minimum Gasteiger partial charge on any atom is -0.505 e. The van der Waals surface area contributed by atoms with Gasteiger partial charge in [0.2, 0.25) is 0 Å². The van der Waals surface area contributed by atoms with Crippen LogP contribution in [0.5, 0.6) is 11.5 Å². The average Bonchev–Trinajstić information content (AvgIpc) is 2.69. The van der Waals surface area contributed by atoms with Gasteiger partial charge in [-0.25, -0.2) is 0 Å². The number of hydrogen-bond acceptors (Lipinski definition) is 4. The monoisotopic (exact) mass is 432 g/mol. The van der Waals surface area contributed by atoms with Gasteiger partial charge in [-0.15, -0.1) is 0 Å². The molecule has 3 rings (SSSR count). The zero-order valence-electron chi connectivity index (χ0n) is 20.6. The van der Waals surface area contributed by atoms with Crippen LogP contribution in [-0.2, 0) is 17.4 Å². The minimum atomic E-state index is -0.0882. The molecule has 0 fully saturated rings. The van der Waals surface area contributed by atoms with E-state index < -0.39 is 0 Å². The number of pyridine rings is 1. The van der Waals surface area contributed by atoms with Crippen LogP contribution in [0, 0.1) is 13.8 Å². The number of nitrogens with zero attached hydrogens (tertiary/aromatic N) is 2. The standard InChI is InChI=1S/C28H36N2O2/c1-18-13-20(27(3,4)5)15-23(25(18)31)30(17-22-11-9-10-12-29-22)24-16-21(28(6,7)8)14-19(2)26(24)32/h9-16,31-32H,17H2,1-8H3. The zero-order valence-corrected chi connectivity index (χ0v) is 20.6. The van der Waals surface area contributed by atoms with Gasteiger partial charge in [0.1, 0.15) is 11.5 Å². The predicted octanol–water partition coefficient (Wildman–Crippen LogP) is 7.04. The van der Waals surface area contributed by atoms with Gasteiger partial charge in [0.15, 0.2) is 0 Å². The van der Waals surface area contributed by atoms with E-state index in [0.29, 0.717) is 17.9 Å². The molecule has 4 nitrogen and oxygen atoms in total. The summed E-state index contributed by atoms with van der Waals surface area (Å²) in [6.07, 6.45) is 1.76. The molecule has 1 aromatic heterocycles. The SMILES string of the molecule is Cc1cc(C(C)(C)C)cc(N(Cc2ccccn2)c2cc(C(C)(C)C)cc(C)c2O)c1O. The van der Waals surface area contributed by atoms with Gasteiger partial charge in [0, 0.05) is 6.20 Å². The first-order valence-corrected chi connectivity index (χ1v) is 11.1. The Morgan fingerprint density at radius 3 is 1.59 bits per heavy atom. The second-order valence-electron chi connectivity index (χ2n) is 10.7. The Labute approximate surface area is 192 Å². The van der Waals surface area contributed by atoms with Gasteiger partial charge in [0.05, 0.1) is 23.6 Å². The molecule has 0 unspecified atom stereocenters. The van der Waals surface area contributed by atoms with Crippen molar-refractivity contribution in [2.24, 2.45) is 0 Å². The third kappa shape index (κ3) is 4.90. The number of aryl methyl sites for hydroxylation is 2. The molecule has 4 heteroatoms. The molecule has 3 aromatic rings. The van der Waals surface area contributed by atoms with E-state index in [9.17, 15) is 10.2 Å². The highest BCUT2D eigenvalue weighted by Crippen LogP contribution is 2.45. The summed E-state index contributed by atoms with van der Waals surface area (Å²) in [7, 11) is 0. The van der Waals surface area contributed by atoms with E-state index in [4.69, 9.17) is 0 Å². The fourth-order valence-electron chi connectivity index (χ4n) is 3.75. The maximum absolute atomic E-state index is 11.1. The highest BCUT2D eigenvalue weighted by atomic mass is 16.3. The third-order valence-corrected chi connectivity index (χ3v) is 5.92. The molecule has 0 radical (unpaired) electrons. The van der Waals surface area contributed by atoms with Crippen molar-refractivity contribution in [1.82, 2.24) is 4.98 Å². The van der Waals surface area contributed by atoms with Gasteiger partial charge in [-0.05, 0) is 71.2 Å². The van der Waals surface area contributed by atoms with Crippen molar-refractivity contribution < 1.29 is 10.2 Å². The zero-order chi connectivity index (χ0) is 23.8. The highest BCUT2D eigenvalue weighted by molar-refractivity contribution is 5.76. The van der Waals surface area contributed by atoms with Crippen molar-refractivity contribution in [2.75, 3.05) is 4.90 Å². The van der Waals surface area contributed by atoms with E-state index in [1.54, 1.807) is 6.20 Å². The van der Waals surface area contributed by atoms with Crippen LogP contribution in [0.25, 0.3) is 0 Å². The molecular weight excluding hydrogens is 396 g/mol. The molecule has 0 aliphatic heterocycles. The van der Waals surface area contributed by atoms with Crippen LogP contribution >= 0.6 is 0 Å². The first-order chi connectivity index (χ1) is 14.8. The van der Waals surface area contributed by atoms with Crippen LogP contribution in [0.15, 0.2) is 48.7 Å². The van der Waals surface area contributed by atoms with E-state index in [1.807, 2.05) is 61.2 Å². The van der Waals surface area contributed by atoms with Crippen LogP contribution in [-0.4, -0.2) is 15.2 Å². The molecule has 0 amide bonds. The Bertz CT molecular complexity index is 1040. The lowest BCUT2D eigenvalue weighted by Gasteiger charge is -2.31. The molecule has 0 bridgehead atoms. The fraction of sp³-hybridized carbons (Fsp3) is 0.393. The molecule has 0 aliphatic rings. The summed E-state index contributed by atoms with van der Waals surface area (Å²) in [5, 5.41) is 22.3. The molecule has 170 valence electrons. The quantitative estimate of drug-likeness (QED) is 0.464. The molecule has 32 heavy (non-hydrogen) atoms. The Kier molecular flexibility index (Phi) is 6.28. The van der Waals surface area contributed by atoms with Gasteiger partial charge in [0.25, 0.3) is 0 Å². The number of phenolic OH excluding ortho intramolecular Hbond substituents is 2. The summed E-state index contributed by atoms with van der Waals surface area (Å²) >= 11 is 0. The maximum Gasteiger partial charge on any atom is 0.142 e. The van der Waals surface area contributed by atoms with Crippen molar-refractivity contribution in [3.05, 3.63) is 76.6 Å². The fourth-order valence-corrected chi connectivity index (χ4v) is 3.75. The Morgan fingerprint density at radius 1 is 0.750 bits per heavy atom. The molecule has 0 saturated carbocycles. The third-order valence-electron chi connectivity index (χ3n) is 5.92. The number of hydrogen-bond donors (Lipinski definition) is 2. The molecule has 0 atom stereocenters. The molecular formula is C28H36N2O2. The second-order valence-corrected chi connectivity index (χ2v) is 10.7. The van der Waals surface area contributed by atoms with Gasteiger partial charge < -0.3 is 15.1 Å². The maximum atomic E-state index is 11.1. The van der Waals surface area contributed by atoms with Gasteiger partial charge in [-0.1, -0.05) is 59.7 Å². The smallest absolute Gasteiger partial charge is 0.142 e. The molecule has 0 saturated heterocycles. The summed E-state index contributed by atoms with van der Waals surface area (Å²) in [6.45, 7) is 17.2. The van der Waals surface area contributed by atoms with Crippen LogP contribution in [0.2, 0.25) is 0 Å². The summed E-state index contributed by atoms with van der Waals surface area (Å²) in [5.74, 6) is 0.430. The van der Waals surface area contributed by atoms with Crippen molar-refractivity contribution >= 4 is 11.4 Å². The summed E-state index contributed by atoms with van der Waals surface area (Å²) in [4.78, 5) is 6.49. The lowest BCUT2D eigenvalue weighted by molar-refractivity contribution is 0.464. The number of phenols is 2. The average molecular weight is 433 g/mol. The summed E-state index contributed by atoms with van der Waals surface area (Å²) in [6, 6.07) is 13.9. The lowest BCUT2D eigenvalue weighted by Crippen LogP contribution is -2.21. The van der Waals surface area contributed by atoms with E-state index >= 15 is 0 Å². The Hall–Kier alpha value is -3.01. The van der Waals surface area contributed by atoms with E-state index in [-0.39, 0.29) is 22.3 Å². The van der Waals surface area contributed by atoms with Gasteiger partial charge in [-0.2, -0.15) is 0 Å². The van der Waals surface area contributed by atoms with Crippen molar-refractivity contribution in [1.29, 1.82) is 0 Å². The topological polar surface area (TPSA) is 56.6 Å². The van der Waals surface area contributed by atoms with Crippen LogP contribution in [0.4, 0.5) is 11.4 Å². The van der Waals surface area contributed by atoms with Crippen LogP contribution < -0.4 is 4.90 Å². The van der Waals surface area contributed by atoms with E-state index in [2.05, 4.69) is 46.5 Å². The largest absolute Gasteiger partial charge is 0.505 e. The minimum absolute atomic E-state index is 0.0882. The molecule has 0 aliphatic carbocycles. The molecule has 2 N–H and O–H groups in total. The second kappa shape index (κ2) is 8.50. The highest BCUT2D eigenvalue weighted by Gasteiger charge is 2.26. The predicted molar refractivity (Wildman–Crippen MR) is 133 cm³/mol. The Balaban J connectivity index is 2.31. The van der Waals surface area contributed by atoms with Gasteiger partial charge >= 0.3 is 0 Å². The Morgan fingerprint density at radius 2 is 1.22 bits per heavy atom. The summed E-state index contributed by atoms with van der Waals surface area (Å²) in [5.41, 5.74) is 5.87. The van der Waals surface area contributed by atoms with E-state index in [0.717, 1.165) is 27.9 Å². The lowest BCUT2D eigenvalue weighted by atomic mass is 9.84. The number of aromatic hydroxyl groups is 2. The summed E-state index contributed by atoms with van der Waals surface area (Å²) < 4.78 is 0. The number of anilines is 2. The van der Waals surface area contributed by atoms with Crippen LogP contribution in [0.1, 0.15) is 69.5 Å². The number of benzene rings is 2. The van der Waals surface area contributed by atoms with Crippen LogP contribution in [0.3, 0.4) is 0 Å². The molecule has 1 heterocycles. The van der Waals surface area contributed by atoms with Crippen molar-refractivity contribution in [3.63, 3.8) is 0 Å². The molecule has 2 aromatic carbocycles. The van der Waals surface area contributed by atoms with Crippen molar-refractivity contribution in [2.45, 2.75) is 72.8 Å². The van der Waals surface area contributed by atoms with E-state index in [1.165, 1.54) is 0 Å². The first kappa shape index (κ1) is 23.6. The van der Waals surface area contributed by atoms with Crippen molar-refractivity contribution in [3.8, 4) is 11.5 Å². The number of rotatable bonds is 4. The molecule has 0 spiro atoms. The normalized spacial score (nSPS) is 12.1.